The van der Waals surface area contributed by atoms with E-state index in [-0.39, 0.29) is 18.2 Å². The smallest absolute Gasteiger partial charge is 0.187 e. The molecule has 0 saturated carbocycles. The van der Waals surface area contributed by atoms with Gasteiger partial charge in [0.2, 0.25) is 0 Å². The lowest BCUT2D eigenvalue weighted by Gasteiger charge is -2.35. The highest BCUT2D eigenvalue weighted by Crippen LogP contribution is 2.39. The highest BCUT2D eigenvalue weighted by Gasteiger charge is 2.50. The lowest BCUT2D eigenvalue weighted by atomic mass is 9.94. The molecule has 7 heteroatoms. The van der Waals surface area contributed by atoms with Gasteiger partial charge in [0.1, 0.15) is 17.6 Å². The van der Waals surface area contributed by atoms with Crippen LogP contribution in [0.1, 0.15) is 69.2 Å². The van der Waals surface area contributed by atoms with Gasteiger partial charge in [0.25, 0.3) is 0 Å². The Kier molecular flexibility index (Phi) is 11.0. The third-order valence-corrected chi connectivity index (χ3v) is 8.81. The summed E-state index contributed by atoms with van der Waals surface area (Å²) < 4.78 is 29.1. The summed E-state index contributed by atoms with van der Waals surface area (Å²) in [5.41, 5.74) is 3.66. The zero-order valence-corrected chi connectivity index (χ0v) is 26.9. The molecule has 0 bridgehead atoms. The zero-order valence-electron chi connectivity index (χ0n) is 26.9. The molecule has 3 aromatic rings. The van der Waals surface area contributed by atoms with E-state index in [0.29, 0.717) is 18.9 Å². The van der Waals surface area contributed by atoms with Crippen molar-refractivity contribution in [2.24, 2.45) is 5.92 Å². The first-order valence-electron chi connectivity index (χ1n) is 16.0. The van der Waals surface area contributed by atoms with E-state index in [9.17, 15) is 5.11 Å². The van der Waals surface area contributed by atoms with Crippen LogP contribution >= 0.6 is 0 Å². The van der Waals surface area contributed by atoms with Gasteiger partial charge in [-0.15, -0.1) is 0 Å². The predicted molar refractivity (Wildman–Crippen MR) is 172 cm³/mol. The minimum Gasteiger partial charge on any atom is -0.497 e. The number of rotatable bonds is 15. The average Bonchev–Trinajstić information content (AvgIpc) is 3.54. The summed E-state index contributed by atoms with van der Waals surface area (Å²) in [7, 11) is 3.37. The maximum atomic E-state index is 11.6. The van der Waals surface area contributed by atoms with Crippen LogP contribution in [0.4, 0.5) is 0 Å². The van der Waals surface area contributed by atoms with Crippen molar-refractivity contribution in [1.29, 1.82) is 0 Å². The van der Waals surface area contributed by atoms with E-state index in [4.69, 9.17) is 23.7 Å². The Bertz CT molecular complexity index is 1220. The molecule has 0 spiro atoms. The van der Waals surface area contributed by atoms with Crippen molar-refractivity contribution >= 4 is 0 Å². The molecule has 3 aromatic carbocycles. The summed E-state index contributed by atoms with van der Waals surface area (Å²) in [4.78, 5) is 2.40. The van der Waals surface area contributed by atoms with Gasteiger partial charge in [-0.25, -0.2) is 0 Å². The highest BCUT2D eigenvalue weighted by atomic mass is 16.8. The summed E-state index contributed by atoms with van der Waals surface area (Å²) in [6.07, 6.45) is 3.31. The normalized spacial score (nSPS) is 22.2. The Labute approximate surface area is 263 Å². The van der Waals surface area contributed by atoms with Gasteiger partial charge >= 0.3 is 0 Å². The molecule has 0 radical (unpaired) electrons. The standard InChI is InChI=1S/C37H49NO6/c1-26(23-27-12-7-6-8-13-27)11-9-10-22-38(25-32(39)33-24-34-36(42-33)44-37(2,3)43-34)35(28-14-18-30(40-4)19-15-28)29-16-20-31(41-5)21-17-29/h6-8,12-21,26,32-36,39H,9-11,22-25H2,1-5H3/t26-,32?,33-,34+,36+/m0/s1. The lowest BCUT2D eigenvalue weighted by Crippen LogP contribution is -2.42. The van der Waals surface area contributed by atoms with Crippen molar-refractivity contribution in [3.05, 3.63) is 95.6 Å². The molecule has 1 N–H and O–H groups in total. The Morgan fingerprint density at radius 1 is 0.864 bits per heavy atom. The van der Waals surface area contributed by atoms with E-state index >= 15 is 0 Å². The van der Waals surface area contributed by atoms with Crippen molar-refractivity contribution in [2.75, 3.05) is 27.3 Å². The number of fused-ring (bicyclic) bond motifs is 1. The zero-order chi connectivity index (χ0) is 31.1. The van der Waals surface area contributed by atoms with Crippen molar-refractivity contribution in [2.45, 2.75) is 89.3 Å². The number of aliphatic hydroxyl groups is 1. The van der Waals surface area contributed by atoms with Crippen molar-refractivity contribution in [3.8, 4) is 11.5 Å². The van der Waals surface area contributed by atoms with Gasteiger partial charge in [-0.3, -0.25) is 4.90 Å². The monoisotopic (exact) mass is 603 g/mol. The fourth-order valence-corrected chi connectivity index (χ4v) is 6.58. The van der Waals surface area contributed by atoms with Crippen LogP contribution < -0.4 is 9.47 Å². The molecule has 2 aliphatic rings. The molecule has 5 atom stereocenters. The third kappa shape index (κ3) is 8.40. The second-order valence-corrected chi connectivity index (χ2v) is 12.8. The largest absolute Gasteiger partial charge is 0.497 e. The van der Waals surface area contributed by atoms with Gasteiger partial charge in [0, 0.05) is 13.0 Å². The summed E-state index contributed by atoms with van der Waals surface area (Å²) in [6, 6.07) is 27.1. The van der Waals surface area contributed by atoms with E-state index in [1.807, 2.05) is 38.1 Å². The Balaban J connectivity index is 1.33. The van der Waals surface area contributed by atoms with E-state index in [1.165, 1.54) is 5.56 Å². The van der Waals surface area contributed by atoms with Gasteiger partial charge in [-0.2, -0.15) is 0 Å². The molecule has 1 unspecified atom stereocenters. The summed E-state index contributed by atoms with van der Waals surface area (Å²) in [5.74, 6) is 1.57. The van der Waals surface area contributed by atoms with Crippen LogP contribution in [0.5, 0.6) is 11.5 Å². The van der Waals surface area contributed by atoms with Crippen molar-refractivity contribution in [3.63, 3.8) is 0 Å². The summed E-state index contributed by atoms with van der Waals surface area (Å²) >= 11 is 0. The number of benzene rings is 3. The second kappa shape index (κ2) is 14.9. The molecule has 0 amide bonds. The van der Waals surface area contributed by atoms with E-state index in [0.717, 1.165) is 54.9 Å². The van der Waals surface area contributed by atoms with E-state index < -0.39 is 18.2 Å². The Hall–Kier alpha value is -2.94. The van der Waals surface area contributed by atoms with Gasteiger partial charge in [0.15, 0.2) is 12.1 Å². The van der Waals surface area contributed by atoms with Crippen LogP contribution in [0.3, 0.4) is 0 Å². The minimum atomic E-state index is -0.702. The molecule has 2 fully saturated rings. The van der Waals surface area contributed by atoms with Gasteiger partial charge in [-0.1, -0.05) is 74.4 Å². The van der Waals surface area contributed by atoms with Crippen LogP contribution in [-0.2, 0) is 20.6 Å². The van der Waals surface area contributed by atoms with Crippen molar-refractivity contribution in [1.82, 2.24) is 4.90 Å². The maximum absolute atomic E-state index is 11.6. The molecule has 0 aliphatic carbocycles. The molecule has 238 valence electrons. The SMILES string of the molecule is COc1ccc(C(c2ccc(OC)cc2)N(CCCC[C@H](C)Cc2ccccc2)CC(O)[C@@H]2C[C@H]3OC(C)(C)O[C@H]3O2)cc1. The molecule has 44 heavy (non-hydrogen) atoms. The number of aliphatic hydroxyl groups excluding tert-OH is 1. The first-order valence-corrected chi connectivity index (χ1v) is 16.0. The van der Waals surface area contributed by atoms with Crippen LogP contribution in [0.2, 0.25) is 0 Å². The number of unbranched alkanes of at least 4 members (excludes halogenated alkanes) is 1. The quantitative estimate of drug-likeness (QED) is 0.192. The molecular weight excluding hydrogens is 554 g/mol. The number of nitrogens with zero attached hydrogens (tertiary/aromatic N) is 1. The van der Waals surface area contributed by atoms with Gasteiger partial charge in [-0.05, 0) is 80.1 Å². The van der Waals surface area contributed by atoms with Crippen LogP contribution in [0.15, 0.2) is 78.9 Å². The first kappa shape index (κ1) is 32.5. The van der Waals surface area contributed by atoms with Crippen LogP contribution in [-0.4, -0.2) is 67.7 Å². The molecular formula is C37H49NO6. The summed E-state index contributed by atoms with van der Waals surface area (Å²) in [5, 5.41) is 11.6. The number of ether oxygens (including phenoxy) is 5. The number of hydrogen-bond acceptors (Lipinski definition) is 7. The molecule has 5 rings (SSSR count). The first-order chi connectivity index (χ1) is 21.2. The fourth-order valence-electron chi connectivity index (χ4n) is 6.58. The number of hydrogen-bond donors (Lipinski definition) is 1. The van der Waals surface area contributed by atoms with Crippen LogP contribution in [0.25, 0.3) is 0 Å². The lowest BCUT2D eigenvalue weighted by molar-refractivity contribution is -0.214. The van der Waals surface area contributed by atoms with Crippen molar-refractivity contribution < 1.29 is 28.8 Å². The highest BCUT2D eigenvalue weighted by molar-refractivity contribution is 5.38. The maximum Gasteiger partial charge on any atom is 0.187 e. The predicted octanol–water partition coefficient (Wildman–Crippen LogP) is 6.77. The Morgan fingerprint density at radius 2 is 1.48 bits per heavy atom. The molecule has 2 heterocycles. The van der Waals surface area contributed by atoms with Gasteiger partial charge in [0.05, 0.1) is 32.5 Å². The minimum absolute atomic E-state index is 0.0736. The molecule has 0 aromatic heterocycles. The Morgan fingerprint density at radius 3 is 2.05 bits per heavy atom. The molecule has 2 saturated heterocycles. The van der Waals surface area contributed by atoms with Gasteiger partial charge < -0.3 is 28.8 Å². The molecule has 7 nitrogen and oxygen atoms in total. The summed E-state index contributed by atoms with van der Waals surface area (Å²) in [6.45, 7) is 7.42. The van der Waals surface area contributed by atoms with E-state index in [1.54, 1.807) is 14.2 Å². The molecule has 2 aliphatic heterocycles. The fraction of sp³-hybridized carbons (Fsp3) is 0.514. The average molecular weight is 604 g/mol. The van der Waals surface area contributed by atoms with E-state index in [2.05, 4.69) is 66.4 Å². The second-order valence-electron chi connectivity index (χ2n) is 12.8. The van der Waals surface area contributed by atoms with Crippen LogP contribution in [0, 0.1) is 5.92 Å². The number of methoxy groups -OCH3 is 2. The third-order valence-electron chi connectivity index (χ3n) is 8.81. The topological polar surface area (TPSA) is 69.6 Å².